The van der Waals surface area contributed by atoms with Gasteiger partial charge in [0.2, 0.25) is 0 Å². The van der Waals surface area contributed by atoms with Gasteiger partial charge in [0.15, 0.2) is 0 Å². The summed E-state index contributed by atoms with van der Waals surface area (Å²) >= 11 is 0. The SMILES string of the molecule is c1ccc(N(c2ccc(N(c3ccccc3)c3ccc4oc5ccc(N(c6ccccc6)c6ccc(N(c7ccccc7)c7ccc8ccccc8c7)cc6)cc5c4c3)cc2)c2ccc3ccccc3c2)cc1. The first-order valence-corrected chi connectivity index (χ1v) is 24.7. The zero-order chi connectivity index (χ0) is 48.5. The molecule has 0 bridgehead atoms. The number of nitrogens with zero attached hydrogens (tertiary/aromatic N) is 4. The van der Waals surface area contributed by atoms with Crippen molar-refractivity contribution in [2.75, 3.05) is 19.6 Å². The van der Waals surface area contributed by atoms with Crippen LogP contribution in [0.15, 0.2) is 296 Å². The molecule has 0 aliphatic carbocycles. The fourth-order valence-corrected chi connectivity index (χ4v) is 10.3. The number of hydrogen-bond donors (Lipinski definition) is 0. The Balaban J connectivity index is 0.878. The monoisotopic (exact) mass is 936 g/mol. The van der Waals surface area contributed by atoms with Crippen molar-refractivity contribution in [1.82, 2.24) is 0 Å². The van der Waals surface area contributed by atoms with Crippen LogP contribution in [-0.2, 0) is 0 Å². The Kier molecular flexibility index (Phi) is 11.1. The average Bonchev–Trinajstić information content (AvgIpc) is 3.83. The van der Waals surface area contributed by atoms with Crippen LogP contribution in [0.3, 0.4) is 0 Å². The van der Waals surface area contributed by atoms with Crippen LogP contribution in [0.5, 0.6) is 0 Å². The Morgan fingerprint density at radius 1 is 0.178 bits per heavy atom. The van der Waals surface area contributed by atoms with Gasteiger partial charge in [0.25, 0.3) is 0 Å². The van der Waals surface area contributed by atoms with E-state index in [1.165, 1.54) is 21.5 Å². The lowest BCUT2D eigenvalue weighted by Gasteiger charge is -2.28. The summed E-state index contributed by atoms with van der Waals surface area (Å²) in [6.07, 6.45) is 0. The molecule has 13 aromatic rings. The van der Waals surface area contributed by atoms with Crippen molar-refractivity contribution in [1.29, 1.82) is 0 Å². The Bertz CT molecular complexity index is 3770. The zero-order valence-corrected chi connectivity index (χ0v) is 39.9. The third-order valence-corrected chi connectivity index (χ3v) is 13.7. The van der Waals surface area contributed by atoms with Gasteiger partial charge in [-0.3, -0.25) is 0 Å². The highest BCUT2D eigenvalue weighted by atomic mass is 16.3. The highest BCUT2D eigenvalue weighted by Crippen LogP contribution is 2.45. The van der Waals surface area contributed by atoms with Gasteiger partial charge in [-0.25, -0.2) is 0 Å². The number of benzene rings is 12. The second-order valence-corrected chi connectivity index (χ2v) is 18.2. The maximum absolute atomic E-state index is 6.60. The average molecular weight is 937 g/mol. The Labute approximate surface area is 424 Å². The van der Waals surface area contributed by atoms with Gasteiger partial charge in [-0.15, -0.1) is 0 Å². The molecule has 0 saturated carbocycles. The molecule has 1 aromatic heterocycles. The predicted octanol–water partition coefficient (Wildman–Crippen LogP) is 19.8. The first-order chi connectivity index (χ1) is 36.2. The van der Waals surface area contributed by atoms with Crippen LogP contribution in [0.2, 0.25) is 0 Å². The molecule has 5 heteroatoms. The van der Waals surface area contributed by atoms with E-state index in [2.05, 4.69) is 311 Å². The fraction of sp³-hybridized carbons (Fsp3) is 0. The topological polar surface area (TPSA) is 26.1 Å². The fourth-order valence-electron chi connectivity index (χ4n) is 10.3. The lowest BCUT2D eigenvalue weighted by molar-refractivity contribution is 0.669. The maximum Gasteiger partial charge on any atom is 0.135 e. The van der Waals surface area contributed by atoms with Crippen LogP contribution < -0.4 is 19.6 Å². The molecule has 0 N–H and O–H groups in total. The van der Waals surface area contributed by atoms with Gasteiger partial charge in [-0.1, -0.05) is 133 Å². The van der Waals surface area contributed by atoms with Gasteiger partial charge >= 0.3 is 0 Å². The molecule has 0 fully saturated rings. The quantitative estimate of drug-likeness (QED) is 0.122. The van der Waals surface area contributed by atoms with Crippen molar-refractivity contribution in [3.63, 3.8) is 0 Å². The molecule has 346 valence electrons. The molecule has 0 unspecified atom stereocenters. The van der Waals surface area contributed by atoms with E-state index >= 15 is 0 Å². The minimum absolute atomic E-state index is 0.832. The molecule has 5 nitrogen and oxygen atoms in total. The highest BCUT2D eigenvalue weighted by Gasteiger charge is 2.21. The van der Waals surface area contributed by atoms with E-state index in [-0.39, 0.29) is 0 Å². The van der Waals surface area contributed by atoms with Gasteiger partial charge < -0.3 is 24.0 Å². The summed E-state index contributed by atoms with van der Waals surface area (Å²) in [6, 6.07) is 104. The van der Waals surface area contributed by atoms with Crippen molar-refractivity contribution in [3.05, 3.63) is 291 Å². The molecule has 0 radical (unpaired) electrons. The van der Waals surface area contributed by atoms with Gasteiger partial charge in [-0.05, 0) is 179 Å². The van der Waals surface area contributed by atoms with E-state index in [4.69, 9.17) is 4.42 Å². The third kappa shape index (κ3) is 8.35. The predicted molar refractivity (Wildman–Crippen MR) is 307 cm³/mol. The molecule has 0 atom stereocenters. The summed E-state index contributed by atoms with van der Waals surface area (Å²) < 4.78 is 6.60. The third-order valence-electron chi connectivity index (χ3n) is 13.7. The lowest BCUT2D eigenvalue weighted by atomic mass is 10.1. The normalized spacial score (nSPS) is 11.3. The number of rotatable bonds is 12. The van der Waals surface area contributed by atoms with Crippen LogP contribution in [0.25, 0.3) is 43.5 Å². The largest absolute Gasteiger partial charge is 0.456 e. The zero-order valence-electron chi connectivity index (χ0n) is 39.9. The molecular formula is C68H48N4O. The molecule has 0 aliphatic rings. The van der Waals surface area contributed by atoms with Gasteiger partial charge in [0.05, 0.1) is 0 Å². The number of para-hydroxylation sites is 4. The van der Waals surface area contributed by atoms with Crippen LogP contribution in [0, 0.1) is 0 Å². The van der Waals surface area contributed by atoms with E-state index in [0.717, 1.165) is 90.2 Å². The Morgan fingerprint density at radius 3 is 0.726 bits per heavy atom. The first-order valence-electron chi connectivity index (χ1n) is 24.7. The molecule has 0 saturated heterocycles. The van der Waals surface area contributed by atoms with Gasteiger partial charge in [0.1, 0.15) is 11.2 Å². The molecule has 73 heavy (non-hydrogen) atoms. The van der Waals surface area contributed by atoms with E-state index < -0.39 is 0 Å². The number of furan rings is 1. The van der Waals surface area contributed by atoms with Gasteiger partial charge in [-0.2, -0.15) is 0 Å². The second kappa shape index (κ2) is 18.8. The van der Waals surface area contributed by atoms with E-state index in [0.29, 0.717) is 0 Å². The van der Waals surface area contributed by atoms with E-state index in [1.54, 1.807) is 0 Å². The molecule has 13 rings (SSSR count). The Morgan fingerprint density at radius 2 is 0.411 bits per heavy atom. The molecule has 0 aliphatic heterocycles. The van der Waals surface area contributed by atoms with Gasteiger partial charge in [0, 0.05) is 79.0 Å². The molecule has 0 amide bonds. The maximum atomic E-state index is 6.60. The Hall–Kier alpha value is -9.84. The summed E-state index contributed by atoms with van der Waals surface area (Å²) in [5.41, 5.74) is 14.4. The summed E-state index contributed by atoms with van der Waals surface area (Å²) in [7, 11) is 0. The van der Waals surface area contributed by atoms with Crippen molar-refractivity contribution >= 4 is 112 Å². The van der Waals surface area contributed by atoms with Crippen LogP contribution in [0.1, 0.15) is 0 Å². The van der Waals surface area contributed by atoms with E-state index in [9.17, 15) is 0 Å². The highest BCUT2D eigenvalue weighted by molar-refractivity contribution is 6.08. The van der Waals surface area contributed by atoms with Crippen molar-refractivity contribution in [2.45, 2.75) is 0 Å². The molecule has 1 heterocycles. The van der Waals surface area contributed by atoms with Crippen molar-refractivity contribution in [3.8, 4) is 0 Å². The number of anilines is 12. The molecular weight excluding hydrogens is 889 g/mol. The number of fused-ring (bicyclic) bond motifs is 5. The van der Waals surface area contributed by atoms with Crippen LogP contribution in [-0.4, -0.2) is 0 Å². The van der Waals surface area contributed by atoms with Crippen LogP contribution >= 0.6 is 0 Å². The first kappa shape index (κ1) is 43.2. The number of hydrogen-bond acceptors (Lipinski definition) is 5. The minimum Gasteiger partial charge on any atom is -0.456 e. The minimum atomic E-state index is 0.832. The summed E-state index contributed by atoms with van der Waals surface area (Å²) in [6.45, 7) is 0. The smallest absolute Gasteiger partial charge is 0.135 e. The van der Waals surface area contributed by atoms with Crippen molar-refractivity contribution < 1.29 is 4.42 Å². The molecule has 12 aromatic carbocycles. The molecule has 0 spiro atoms. The summed E-state index contributed by atoms with van der Waals surface area (Å²) in [5.74, 6) is 0. The van der Waals surface area contributed by atoms with Crippen molar-refractivity contribution in [2.24, 2.45) is 0 Å². The summed E-state index contributed by atoms with van der Waals surface area (Å²) in [5, 5.41) is 6.91. The summed E-state index contributed by atoms with van der Waals surface area (Å²) in [4.78, 5) is 9.29. The second-order valence-electron chi connectivity index (χ2n) is 18.2. The van der Waals surface area contributed by atoms with E-state index in [1.807, 2.05) is 0 Å². The standard InChI is InChI=1S/C68H48N4O/c1-5-21-53(22-6-1)69(61-31-29-49-17-13-15-19-51(49)45-61)57-33-37-59(38-34-57)71(55-25-9-3-10-26-55)63-41-43-67-65(47-63)66-48-64(42-44-68(66)73-67)72(56-27-11-4-12-28-56)60-39-35-58(36-40-60)70(54-23-7-2-8-24-54)62-32-30-50-18-14-16-20-52(50)46-62/h1-48H. The lowest BCUT2D eigenvalue weighted by Crippen LogP contribution is -2.12. The van der Waals surface area contributed by atoms with Crippen LogP contribution in [0.4, 0.5) is 68.2 Å².